The Balaban J connectivity index is 2.13. The number of hydrogen-bond acceptors (Lipinski definition) is 2. The summed E-state index contributed by atoms with van der Waals surface area (Å²) in [5, 5.41) is 0.471. The maximum Gasteiger partial charge on any atom is 0.169 e. The zero-order chi connectivity index (χ0) is 13.8. The Morgan fingerprint density at radius 3 is 2.37 bits per heavy atom. The molecule has 1 nitrogen and oxygen atoms in total. The molecule has 0 heterocycles. The Morgan fingerprint density at radius 2 is 1.74 bits per heavy atom. The predicted octanol–water partition coefficient (Wildman–Crippen LogP) is 4.64. The quantitative estimate of drug-likeness (QED) is 0.602. The van der Waals surface area contributed by atoms with Gasteiger partial charge in [0.2, 0.25) is 0 Å². The number of aryl methyl sites for hydroxylation is 1. The number of carbonyl (C=O) groups excluding carboxylic acids is 1. The molecule has 0 radical (unpaired) electrons. The molecule has 0 unspecified atom stereocenters. The zero-order valence-electron chi connectivity index (χ0n) is 10.5. The minimum Gasteiger partial charge on any atom is -0.294 e. The van der Waals surface area contributed by atoms with E-state index in [-0.39, 0.29) is 12.2 Å². The second-order valence-corrected chi connectivity index (χ2v) is 5.27. The van der Waals surface area contributed by atoms with Crippen molar-refractivity contribution in [2.24, 2.45) is 0 Å². The highest BCUT2D eigenvalue weighted by molar-refractivity contribution is 7.80. The summed E-state index contributed by atoms with van der Waals surface area (Å²) >= 11 is 11.3. The molecule has 0 aromatic heterocycles. The van der Waals surface area contributed by atoms with Gasteiger partial charge in [-0.05, 0) is 24.6 Å². The van der Waals surface area contributed by atoms with Crippen molar-refractivity contribution < 1.29 is 4.79 Å². The van der Waals surface area contributed by atoms with E-state index in [1.54, 1.807) is 24.3 Å². The first-order valence-corrected chi connectivity index (χ1v) is 6.74. The SMILES string of the molecule is Cc1ccc(C(=S)CC(=O)c2ccccc2Cl)cc1. The zero-order valence-corrected chi connectivity index (χ0v) is 12.1. The van der Waals surface area contributed by atoms with Gasteiger partial charge in [-0.15, -0.1) is 0 Å². The van der Waals surface area contributed by atoms with Gasteiger partial charge >= 0.3 is 0 Å². The Bertz CT molecular complexity index is 617. The Kier molecular flexibility index (Phi) is 4.46. The molecule has 19 heavy (non-hydrogen) atoms. The van der Waals surface area contributed by atoms with E-state index >= 15 is 0 Å². The fraction of sp³-hybridized carbons (Fsp3) is 0.125. The van der Waals surface area contributed by atoms with Gasteiger partial charge in [-0.1, -0.05) is 65.8 Å². The van der Waals surface area contributed by atoms with Crippen LogP contribution in [0.3, 0.4) is 0 Å². The lowest BCUT2D eigenvalue weighted by Crippen LogP contribution is -2.08. The van der Waals surface area contributed by atoms with E-state index in [1.807, 2.05) is 31.2 Å². The first-order chi connectivity index (χ1) is 9.08. The van der Waals surface area contributed by atoms with Crippen molar-refractivity contribution in [2.45, 2.75) is 13.3 Å². The summed E-state index contributed by atoms with van der Waals surface area (Å²) in [6, 6.07) is 14.9. The first-order valence-electron chi connectivity index (χ1n) is 5.95. The van der Waals surface area contributed by atoms with Crippen molar-refractivity contribution in [3.8, 4) is 0 Å². The maximum atomic E-state index is 12.1. The highest BCUT2D eigenvalue weighted by atomic mass is 35.5. The molecule has 96 valence electrons. The smallest absolute Gasteiger partial charge is 0.169 e. The minimum atomic E-state index is -0.0452. The average Bonchev–Trinajstić information content (AvgIpc) is 2.39. The van der Waals surface area contributed by atoms with Crippen molar-refractivity contribution in [2.75, 3.05) is 0 Å². The van der Waals surface area contributed by atoms with Crippen LogP contribution in [0.2, 0.25) is 5.02 Å². The van der Waals surface area contributed by atoms with Crippen molar-refractivity contribution in [1.82, 2.24) is 0 Å². The van der Waals surface area contributed by atoms with Crippen LogP contribution in [0.25, 0.3) is 0 Å². The van der Waals surface area contributed by atoms with Crippen LogP contribution in [0.15, 0.2) is 48.5 Å². The molecule has 0 atom stereocenters. The summed E-state index contributed by atoms with van der Waals surface area (Å²) < 4.78 is 0. The monoisotopic (exact) mass is 288 g/mol. The highest BCUT2D eigenvalue weighted by Crippen LogP contribution is 2.18. The minimum absolute atomic E-state index is 0.0452. The van der Waals surface area contributed by atoms with Gasteiger partial charge in [0.05, 0.1) is 5.02 Å². The molecule has 0 aliphatic heterocycles. The number of Topliss-reactive ketones (excluding diaryl/α,β-unsaturated/α-hetero) is 1. The molecular weight excluding hydrogens is 276 g/mol. The molecule has 0 saturated carbocycles. The van der Waals surface area contributed by atoms with E-state index in [1.165, 1.54) is 5.56 Å². The van der Waals surface area contributed by atoms with Gasteiger partial charge in [-0.25, -0.2) is 0 Å². The van der Waals surface area contributed by atoms with Gasteiger partial charge < -0.3 is 0 Å². The van der Waals surface area contributed by atoms with Crippen LogP contribution in [0.4, 0.5) is 0 Å². The number of benzene rings is 2. The standard InChI is InChI=1S/C16H13ClOS/c1-11-6-8-12(9-7-11)16(19)10-15(18)13-4-2-3-5-14(13)17/h2-9H,10H2,1H3. The summed E-state index contributed by atoms with van der Waals surface area (Å²) in [4.78, 5) is 12.8. The van der Waals surface area contributed by atoms with Gasteiger partial charge in [-0.3, -0.25) is 4.79 Å². The Labute approximate surface area is 123 Å². The van der Waals surface area contributed by atoms with Gasteiger partial charge in [0.1, 0.15) is 0 Å². The van der Waals surface area contributed by atoms with Crippen molar-refractivity contribution >= 4 is 34.5 Å². The van der Waals surface area contributed by atoms with Gasteiger partial charge in [-0.2, -0.15) is 0 Å². The van der Waals surface area contributed by atoms with Crippen LogP contribution in [0.5, 0.6) is 0 Å². The van der Waals surface area contributed by atoms with Crippen molar-refractivity contribution in [3.05, 3.63) is 70.2 Å². The molecule has 2 aromatic carbocycles. The highest BCUT2D eigenvalue weighted by Gasteiger charge is 2.13. The molecule has 0 aliphatic rings. The summed E-state index contributed by atoms with van der Waals surface area (Å²) in [5.41, 5.74) is 2.61. The predicted molar refractivity (Wildman–Crippen MR) is 83.3 cm³/mol. The molecule has 0 aliphatic carbocycles. The Morgan fingerprint density at radius 1 is 1.11 bits per heavy atom. The van der Waals surface area contributed by atoms with Crippen LogP contribution < -0.4 is 0 Å². The molecule has 0 N–H and O–H groups in total. The maximum absolute atomic E-state index is 12.1. The van der Waals surface area contributed by atoms with Crippen LogP contribution in [-0.4, -0.2) is 10.6 Å². The molecule has 0 saturated heterocycles. The molecule has 2 aromatic rings. The molecule has 0 amide bonds. The van der Waals surface area contributed by atoms with E-state index in [9.17, 15) is 4.79 Å². The number of thiocarbonyl (C=S) groups is 1. The topological polar surface area (TPSA) is 17.1 Å². The molecule has 2 rings (SSSR count). The summed E-state index contributed by atoms with van der Waals surface area (Å²) in [6.07, 6.45) is 0.210. The third-order valence-electron chi connectivity index (χ3n) is 2.87. The lowest BCUT2D eigenvalue weighted by atomic mass is 10.0. The average molecular weight is 289 g/mol. The molecule has 0 bridgehead atoms. The lowest BCUT2D eigenvalue weighted by molar-refractivity contribution is 0.100. The van der Waals surface area contributed by atoms with E-state index in [2.05, 4.69) is 0 Å². The van der Waals surface area contributed by atoms with Crippen LogP contribution >= 0.6 is 23.8 Å². The molecular formula is C16H13ClOS. The summed E-state index contributed by atoms with van der Waals surface area (Å²) in [7, 11) is 0. The number of rotatable bonds is 4. The van der Waals surface area contributed by atoms with E-state index < -0.39 is 0 Å². The third-order valence-corrected chi connectivity index (χ3v) is 3.58. The third kappa shape index (κ3) is 3.49. The summed E-state index contributed by atoms with van der Waals surface area (Å²) in [6.45, 7) is 2.02. The summed E-state index contributed by atoms with van der Waals surface area (Å²) in [5.74, 6) is -0.0452. The van der Waals surface area contributed by atoms with E-state index in [4.69, 9.17) is 23.8 Å². The van der Waals surface area contributed by atoms with Crippen molar-refractivity contribution in [1.29, 1.82) is 0 Å². The number of hydrogen-bond donors (Lipinski definition) is 0. The molecule has 0 spiro atoms. The van der Waals surface area contributed by atoms with Crippen LogP contribution in [-0.2, 0) is 0 Å². The first kappa shape index (κ1) is 13.9. The lowest BCUT2D eigenvalue weighted by Gasteiger charge is -2.05. The van der Waals surface area contributed by atoms with E-state index in [0.29, 0.717) is 15.5 Å². The van der Waals surface area contributed by atoms with Crippen molar-refractivity contribution in [3.63, 3.8) is 0 Å². The van der Waals surface area contributed by atoms with E-state index in [0.717, 1.165) is 5.56 Å². The van der Waals surface area contributed by atoms with Gasteiger partial charge in [0, 0.05) is 16.8 Å². The van der Waals surface area contributed by atoms with Gasteiger partial charge in [0.15, 0.2) is 5.78 Å². The fourth-order valence-corrected chi connectivity index (χ4v) is 2.28. The van der Waals surface area contributed by atoms with Crippen LogP contribution in [0.1, 0.15) is 27.9 Å². The normalized spacial score (nSPS) is 10.2. The second kappa shape index (κ2) is 6.09. The molecule has 0 fully saturated rings. The number of carbonyl (C=O) groups is 1. The fourth-order valence-electron chi connectivity index (χ4n) is 1.77. The van der Waals surface area contributed by atoms with Crippen LogP contribution in [0, 0.1) is 6.92 Å². The molecule has 3 heteroatoms. The van der Waals surface area contributed by atoms with Gasteiger partial charge in [0.25, 0.3) is 0 Å². The number of halogens is 1. The Hall–Kier alpha value is -1.51. The second-order valence-electron chi connectivity index (χ2n) is 4.37. The number of ketones is 1. The largest absolute Gasteiger partial charge is 0.294 e.